The first-order valence-corrected chi connectivity index (χ1v) is 9.28. The first kappa shape index (κ1) is 23.5. The largest absolute Gasteiger partial charge is 0.383 e. The fourth-order valence-corrected chi connectivity index (χ4v) is 2.58. The van der Waals surface area contributed by atoms with Gasteiger partial charge in [-0.15, -0.1) is 0 Å². The Morgan fingerprint density at radius 3 is 1.91 bits per heavy atom. The second-order valence-corrected chi connectivity index (χ2v) is 5.19. The Hall–Kier alpha value is -0.740. The predicted octanol–water partition coefficient (Wildman–Crippen LogP) is 4.94. The summed E-state index contributed by atoms with van der Waals surface area (Å²) in [5.41, 5.74) is 1.72. The van der Waals surface area contributed by atoms with Crippen LogP contribution in [0.25, 0.3) is 0 Å². The third kappa shape index (κ3) is 8.04. The van der Waals surface area contributed by atoms with Crippen LogP contribution in [0.2, 0.25) is 0 Å². The van der Waals surface area contributed by atoms with Gasteiger partial charge in [0.25, 0.3) is 0 Å². The first-order valence-electron chi connectivity index (χ1n) is 8.87. The van der Waals surface area contributed by atoms with Crippen LogP contribution >= 0.6 is 12.2 Å². The van der Waals surface area contributed by atoms with Crippen molar-refractivity contribution in [1.82, 2.24) is 4.90 Å². The van der Waals surface area contributed by atoms with E-state index in [2.05, 4.69) is 24.1 Å². The molecule has 0 saturated carbocycles. The van der Waals surface area contributed by atoms with Gasteiger partial charge in [0.1, 0.15) is 4.51 Å². The van der Waals surface area contributed by atoms with Crippen LogP contribution in [0.3, 0.4) is 0 Å². The fourth-order valence-electron chi connectivity index (χ4n) is 2.20. The zero-order valence-electron chi connectivity index (χ0n) is 15.7. The highest BCUT2D eigenvalue weighted by Gasteiger charge is 2.12. The van der Waals surface area contributed by atoms with E-state index in [1.54, 1.807) is 0 Å². The number of anilines is 1. The molecule has 0 bridgehead atoms. The van der Waals surface area contributed by atoms with Crippen molar-refractivity contribution in [3.8, 4) is 0 Å². The molecule has 0 saturated heterocycles. The van der Waals surface area contributed by atoms with Gasteiger partial charge in [-0.3, -0.25) is 4.79 Å². The van der Waals surface area contributed by atoms with Crippen LogP contribution in [0.5, 0.6) is 0 Å². The number of hydrogen-bond donors (Lipinski definition) is 1. The molecular weight excluding hydrogens is 292 g/mol. The second-order valence-electron chi connectivity index (χ2n) is 4.78. The third-order valence-electron chi connectivity index (χ3n) is 3.18. The highest BCUT2D eigenvalue weighted by Crippen LogP contribution is 2.15. The van der Waals surface area contributed by atoms with Crippen LogP contribution < -0.4 is 10.7 Å². The molecule has 0 aliphatic rings. The SMILES string of the molecule is CC.CC.CCCN(CCC)CCCNc1c(C)c(=O)c1=S. The summed E-state index contributed by atoms with van der Waals surface area (Å²) in [6.07, 6.45) is 3.50. The molecule has 22 heavy (non-hydrogen) atoms. The van der Waals surface area contributed by atoms with Crippen LogP contribution in [0.4, 0.5) is 5.69 Å². The van der Waals surface area contributed by atoms with Gasteiger partial charge in [0.05, 0.1) is 5.69 Å². The summed E-state index contributed by atoms with van der Waals surface area (Å²) in [5, 5.41) is 3.28. The highest BCUT2D eigenvalue weighted by atomic mass is 32.1. The van der Waals surface area contributed by atoms with Gasteiger partial charge in [0.15, 0.2) is 0 Å². The molecule has 1 rings (SSSR count). The third-order valence-corrected chi connectivity index (χ3v) is 3.57. The maximum absolute atomic E-state index is 11.2. The standard InChI is InChI=1S/C14H24N2OS.2C2H6/c1-4-8-16(9-5-2)10-6-7-15-12-11(3)13(17)14(12)18;2*1-2/h15H,4-10H2,1-3H3;2*1-2H3. The van der Waals surface area contributed by atoms with E-state index < -0.39 is 0 Å². The molecule has 1 N–H and O–H groups in total. The maximum atomic E-state index is 11.2. The van der Waals surface area contributed by atoms with Gasteiger partial charge in [0, 0.05) is 12.1 Å². The molecule has 0 fully saturated rings. The lowest BCUT2D eigenvalue weighted by Crippen LogP contribution is -2.28. The van der Waals surface area contributed by atoms with Crippen molar-refractivity contribution in [3.05, 3.63) is 20.3 Å². The average molecular weight is 329 g/mol. The lowest BCUT2D eigenvalue weighted by atomic mass is 10.1. The van der Waals surface area contributed by atoms with Crippen molar-refractivity contribution >= 4 is 17.9 Å². The molecule has 3 nitrogen and oxygen atoms in total. The highest BCUT2D eigenvalue weighted by molar-refractivity contribution is 7.71. The summed E-state index contributed by atoms with van der Waals surface area (Å²) in [5.74, 6) is 0. The molecule has 0 aromatic heterocycles. The van der Waals surface area contributed by atoms with E-state index in [4.69, 9.17) is 12.2 Å². The van der Waals surface area contributed by atoms with Gasteiger partial charge in [0.2, 0.25) is 5.43 Å². The van der Waals surface area contributed by atoms with Crippen molar-refractivity contribution < 1.29 is 0 Å². The Kier molecular flexibility index (Phi) is 16.2. The van der Waals surface area contributed by atoms with Gasteiger partial charge in [-0.1, -0.05) is 53.8 Å². The Morgan fingerprint density at radius 1 is 1.00 bits per heavy atom. The number of nitrogens with one attached hydrogen (secondary N) is 1. The predicted molar refractivity (Wildman–Crippen MR) is 103 cm³/mol. The molecule has 0 aliphatic heterocycles. The van der Waals surface area contributed by atoms with E-state index >= 15 is 0 Å². The van der Waals surface area contributed by atoms with Crippen molar-refractivity contribution in [1.29, 1.82) is 0 Å². The average Bonchev–Trinajstić information content (AvgIpc) is 2.57. The lowest BCUT2D eigenvalue weighted by Gasteiger charge is -2.21. The van der Waals surface area contributed by atoms with Crippen molar-refractivity contribution in [2.45, 2.75) is 67.7 Å². The molecule has 130 valence electrons. The zero-order valence-corrected chi connectivity index (χ0v) is 16.5. The number of rotatable bonds is 9. The molecule has 0 spiro atoms. The monoisotopic (exact) mass is 328 g/mol. The normalized spacial score (nSPS) is 9.82. The molecule has 0 atom stereocenters. The summed E-state index contributed by atoms with van der Waals surface area (Å²) >= 11 is 5.01. The topological polar surface area (TPSA) is 32.3 Å². The minimum Gasteiger partial charge on any atom is -0.383 e. The summed E-state index contributed by atoms with van der Waals surface area (Å²) < 4.78 is 0.478. The van der Waals surface area contributed by atoms with Crippen molar-refractivity contribution in [3.63, 3.8) is 0 Å². The molecule has 0 radical (unpaired) electrons. The van der Waals surface area contributed by atoms with E-state index in [0.717, 1.165) is 30.8 Å². The van der Waals surface area contributed by atoms with Gasteiger partial charge < -0.3 is 10.2 Å². The van der Waals surface area contributed by atoms with Crippen molar-refractivity contribution in [2.24, 2.45) is 0 Å². The number of hydrogen-bond acceptors (Lipinski definition) is 4. The summed E-state index contributed by atoms with van der Waals surface area (Å²) in [6.45, 7) is 18.6. The van der Waals surface area contributed by atoms with Crippen LogP contribution in [0.15, 0.2) is 4.79 Å². The molecule has 4 heteroatoms. The Balaban J connectivity index is 0. The molecule has 0 unspecified atom stereocenters. The van der Waals surface area contributed by atoms with E-state index in [1.807, 2.05) is 34.6 Å². The lowest BCUT2D eigenvalue weighted by molar-refractivity contribution is 0.274. The summed E-state index contributed by atoms with van der Waals surface area (Å²) in [7, 11) is 0. The van der Waals surface area contributed by atoms with Gasteiger partial charge in [-0.05, 0) is 45.8 Å². The van der Waals surface area contributed by atoms with Gasteiger partial charge in [-0.25, -0.2) is 0 Å². The minimum atomic E-state index is 0.0334. The van der Waals surface area contributed by atoms with Crippen LogP contribution in [-0.4, -0.2) is 31.1 Å². The minimum absolute atomic E-state index is 0.0334. The maximum Gasteiger partial charge on any atom is 0.203 e. The van der Waals surface area contributed by atoms with E-state index in [-0.39, 0.29) is 5.43 Å². The molecule has 0 amide bonds. The van der Waals surface area contributed by atoms with Crippen molar-refractivity contribution in [2.75, 3.05) is 31.5 Å². The van der Waals surface area contributed by atoms with Gasteiger partial charge in [-0.2, -0.15) is 0 Å². The molecule has 0 heterocycles. The summed E-state index contributed by atoms with van der Waals surface area (Å²) in [4.78, 5) is 13.7. The van der Waals surface area contributed by atoms with E-state index in [0.29, 0.717) is 4.51 Å². The molecule has 1 aromatic rings. The molecular formula is C18H36N2OS. The van der Waals surface area contributed by atoms with E-state index in [1.165, 1.54) is 25.9 Å². The van der Waals surface area contributed by atoms with Crippen LogP contribution in [0.1, 0.15) is 66.4 Å². The Morgan fingerprint density at radius 2 is 1.50 bits per heavy atom. The Bertz CT molecular complexity index is 430. The smallest absolute Gasteiger partial charge is 0.203 e. The quantitative estimate of drug-likeness (QED) is 0.514. The van der Waals surface area contributed by atoms with Gasteiger partial charge >= 0.3 is 0 Å². The summed E-state index contributed by atoms with van der Waals surface area (Å²) in [6, 6.07) is 0. The van der Waals surface area contributed by atoms with E-state index in [9.17, 15) is 4.79 Å². The molecule has 1 aromatic carbocycles. The van der Waals surface area contributed by atoms with Crippen LogP contribution in [-0.2, 0) is 0 Å². The first-order chi connectivity index (χ1) is 10.6. The Labute approximate surface area is 142 Å². The number of nitrogens with zero attached hydrogens (tertiary/aromatic N) is 1. The fraction of sp³-hybridized carbons (Fsp3) is 0.778. The van der Waals surface area contributed by atoms with Crippen LogP contribution in [0, 0.1) is 11.4 Å². The zero-order chi connectivity index (χ0) is 17.5. The second kappa shape index (κ2) is 15.2. The molecule has 0 aliphatic carbocycles.